The molecule has 3 nitrogen and oxygen atoms in total. The molecule has 4 rings (SSSR count). The normalized spacial score (nSPS) is 25.9. The van der Waals surface area contributed by atoms with Crippen LogP contribution in [-0.4, -0.2) is 23.9 Å². The smallest absolute Gasteiger partial charge is 0.238 e. The zero-order valence-corrected chi connectivity index (χ0v) is 12.9. The highest BCUT2D eigenvalue weighted by molar-refractivity contribution is 6.30. The van der Waals surface area contributed by atoms with E-state index in [-0.39, 0.29) is 12.1 Å². The van der Waals surface area contributed by atoms with Crippen molar-refractivity contribution in [2.45, 2.75) is 31.8 Å². The van der Waals surface area contributed by atoms with Gasteiger partial charge in [0.2, 0.25) is 5.91 Å². The molecule has 0 bridgehead atoms. The number of halogens is 1. The van der Waals surface area contributed by atoms with Gasteiger partial charge in [-0.15, -0.1) is 0 Å². The standard InChI is InChI=1S/C17H21ClN2O/c18-14-7-5-13(6-8-14)17-19-9-16(21)20(17)10-15(11-1-2-11)12-3-4-12/h5-8,11-12,15,17,19H,1-4,9-10H2. The van der Waals surface area contributed by atoms with E-state index in [4.69, 9.17) is 11.6 Å². The van der Waals surface area contributed by atoms with Gasteiger partial charge in [-0.25, -0.2) is 0 Å². The molecule has 1 aliphatic heterocycles. The lowest BCUT2D eigenvalue weighted by atomic mass is 9.96. The van der Waals surface area contributed by atoms with Gasteiger partial charge in [-0.2, -0.15) is 0 Å². The van der Waals surface area contributed by atoms with Crippen LogP contribution in [0.4, 0.5) is 0 Å². The maximum absolute atomic E-state index is 12.3. The molecule has 3 aliphatic rings. The first-order valence-electron chi connectivity index (χ1n) is 8.00. The SMILES string of the molecule is O=C1CNC(c2ccc(Cl)cc2)N1CC(C1CC1)C1CC1. The van der Waals surface area contributed by atoms with Gasteiger partial charge in [-0.3, -0.25) is 10.1 Å². The van der Waals surface area contributed by atoms with Gasteiger partial charge in [0.25, 0.3) is 0 Å². The Morgan fingerprint density at radius 1 is 1.14 bits per heavy atom. The number of amides is 1. The average molecular weight is 305 g/mol. The van der Waals surface area contributed by atoms with Crippen LogP contribution in [0.25, 0.3) is 0 Å². The van der Waals surface area contributed by atoms with Gasteiger partial charge in [0.15, 0.2) is 0 Å². The molecule has 0 spiro atoms. The number of hydrogen-bond donors (Lipinski definition) is 1. The van der Waals surface area contributed by atoms with Gasteiger partial charge >= 0.3 is 0 Å². The fourth-order valence-electron chi connectivity index (χ4n) is 3.65. The van der Waals surface area contributed by atoms with Crippen molar-refractivity contribution in [3.05, 3.63) is 34.9 Å². The molecule has 21 heavy (non-hydrogen) atoms. The van der Waals surface area contributed by atoms with Crippen molar-refractivity contribution in [1.29, 1.82) is 0 Å². The molecule has 0 aromatic heterocycles. The average Bonchev–Trinajstić information content (AvgIpc) is 3.38. The van der Waals surface area contributed by atoms with E-state index in [2.05, 4.69) is 10.2 Å². The van der Waals surface area contributed by atoms with Crippen molar-refractivity contribution in [2.24, 2.45) is 17.8 Å². The van der Waals surface area contributed by atoms with Crippen molar-refractivity contribution in [3.63, 3.8) is 0 Å². The van der Waals surface area contributed by atoms with Gasteiger partial charge < -0.3 is 4.90 Å². The predicted octanol–water partition coefficient (Wildman–Crippen LogP) is 3.21. The van der Waals surface area contributed by atoms with Crippen LogP contribution in [0.5, 0.6) is 0 Å². The summed E-state index contributed by atoms with van der Waals surface area (Å²) in [6.07, 6.45) is 5.48. The molecule has 1 aromatic rings. The molecule has 1 N–H and O–H groups in total. The summed E-state index contributed by atoms with van der Waals surface area (Å²) in [5.41, 5.74) is 1.13. The minimum absolute atomic E-state index is 0.0229. The molecule has 112 valence electrons. The van der Waals surface area contributed by atoms with E-state index in [0.29, 0.717) is 6.54 Å². The number of benzene rings is 1. The van der Waals surface area contributed by atoms with Crippen LogP contribution in [0.3, 0.4) is 0 Å². The summed E-state index contributed by atoms with van der Waals surface area (Å²) < 4.78 is 0. The number of carbonyl (C=O) groups excluding carboxylic acids is 1. The van der Waals surface area contributed by atoms with Crippen molar-refractivity contribution in [1.82, 2.24) is 10.2 Å². The summed E-state index contributed by atoms with van der Waals surface area (Å²) in [5, 5.41) is 4.09. The fraction of sp³-hybridized carbons (Fsp3) is 0.588. The molecular weight excluding hydrogens is 284 g/mol. The van der Waals surface area contributed by atoms with Crippen molar-refractivity contribution >= 4 is 17.5 Å². The molecule has 0 radical (unpaired) electrons. The van der Waals surface area contributed by atoms with Gasteiger partial charge in [0.1, 0.15) is 6.17 Å². The molecular formula is C17H21ClN2O. The molecule has 1 atom stereocenters. The monoisotopic (exact) mass is 304 g/mol. The van der Waals surface area contributed by atoms with Crippen LogP contribution in [0.15, 0.2) is 24.3 Å². The van der Waals surface area contributed by atoms with Crippen LogP contribution in [0, 0.1) is 17.8 Å². The van der Waals surface area contributed by atoms with E-state index in [1.54, 1.807) is 0 Å². The van der Waals surface area contributed by atoms with Gasteiger partial charge in [0.05, 0.1) is 6.54 Å². The lowest BCUT2D eigenvalue weighted by Gasteiger charge is -2.29. The van der Waals surface area contributed by atoms with Crippen LogP contribution in [0.2, 0.25) is 5.02 Å². The van der Waals surface area contributed by atoms with Crippen molar-refractivity contribution < 1.29 is 4.79 Å². The zero-order valence-electron chi connectivity index (χ0n) is 12.1. The lowest BCUT2D eigenvalue weighted by molar-refractivity contribution is -0.128. The third-order valence-electron chi connectivity index (χ3n) is 5.13. The van der Waals surface area contributed by atoms with E-state index in [1.165, 1.54) is 25.7 Å². The molecule has 2 saturated carbocycles. The maximum atomic E-state index is 12.3. The Kier molecular flexibility index (Phi) is 3.43. The third-order valence-corrected chi connectivity index (χ3v) is 5.38. The van der Waals surface area contributed by atoms with Crippen molar-refractivity contribution in [2.75, 3.05) is 13.1 Å². The number of rotatable bonds is 5. The van der Waals surface area contributed by atoms with Gasteiger partial charge in [-0.1, -0.05) is 23.7 Å². The van der Waals surface area contributed by atoms with Crippen LogP contribution >= 0.6 is 11.6 Å². The summed E-state index contributed by atoms with van der Waals surface area (Å²) in [4.78, 5) is 14.3. The second-order valence-corrected chi connectivity index (χ2v) is 7.16. The molecule has 4 heteroatoms. The summed E-state index contributed by atoms with van der Waals surface area (Å²) in [6, 6.07) is 7.85. The Morgan fingerprint density at radius 3 is 2.33 bits per heavy atom. The Hall–Kier alpha value is -1.06. The molecule has 3 fully saturated rings. The van der Waals surface area contributed by atoms with Crippen LogP contribution < -0.4 is 5.32 Å². The number of nitrogens with one attached hydrogen (secondary N) is 1. The molecule has 1 unspecified atom stereocenters. The summed E-state index contributed by atoms with van der Waals surface area (Å²) in [7, 11) is 0. The molecule has 1 amide bonds. The predicted molar refractivity (Wildman–Crippen MR) is 82.8 cm³/mol. The first kappa shape index (κ1) is 13.6. The molecule has 1 saturated heterocycles. The van der Waals surface area contributed by atoms with Crippen LogP contribution in [-0.2, 0) is 4.79 Å². The minimum atomic E-state index is 0.0229. The number of hydrogen-bond acceptors (Lipinski definition) is 2. The van der Waals surface area contributed by atoms with E-state index in [1.807, 2.05) is 24.3 Å². The first-order valence-corrected chi connectivity index (χ1v) is 8.38. The summed E-state index contributed by atoms with van der Waals surface area (Å²) >= 11 is 5.97. The Morgan fingerprint density at radius 2 is 1.76 bits per heavy atom. The lowest BCUT2D eigenvalue weighted by Crippen LogP contribution is -2.36. The number of carbonyl (C=O) groups is 1. The topological polar surface area (TPSA) is 32.3 Å². The molecule has 2 aliphatic carbocycles. The third kappa shape index (κ3) is 2.82. The number of nitrogens with zero attached hydrogens (tertiary/aromatic N) is 1. The highest BCUT2D eigenvalue weighted by Gasteiger charge is 2.44. The second-order valence-electron chi connectivity index (χ2n) is 6.72. The largest absolute Gasteiger partial charge is 0.322 e. The van der Waals surface area contributed by atoms with Gasteiger partial charge in [0, 0.05) is 11.6 Å². The van der Waals surface area contributed by atoms with Crippen molar-refractivity contribution in [3.8, 4) is 0 Å². The fourth-order valence-corrected chi connectivity index (χ4v) is 3.77. The molecule has 1 heterocycles. The highest BCUT2D eigenvalue weighted by atomic mass is 35.5. The Bertz CT molecular complexity index is 524. The Labute approximate surface area is 130 Å². The van der Waals surface area contributed by atoms with Crippen LogP contribution in [0.1, 0.15) is 37.4 Å². The second kappa shape index (κ2) is 5.29. The quantitative estimate of drug-likeness (QED) is 0.906. The molecule has 1 aromatic carbocycles. The van der Waals surface area contributed by atoms with E-state index >= 15 is 0 Å². The van der Waals surface area contributed by atoms with E-state index < -0.39 is 0 Å². The van der Waals surface area contributed by atoms with E-state index in [9.17, 15) is 4.79 Å². The Balaban J connectivity index is 1.53. The summed E-state index contributed by atoms with van der Waals surface area (Å²) in [6.45, 7) is 1.38. The maximum Gasteiger partial charge on any atom is 0.238 e. The minimum Gasteiger partial charge on any atom is -0.322 e. The zero-order chi connectivity index (χ0) is 14.4. The first-order chi connectivity index (χ1) is 10.2. The summed E-state index contributed by atoms with van der Waals surface area (Å²) in [5.74, 6) is 2.71. The van der Waals surface area contributed by atoms with Gasteiger partial charge in [-0.05, 0) is 61.1 Å². The highest BCUT2D eigenvalue weighted by Crippen LogP contribution is 2.50. The van der Waals surface area contributed by atoms with E-state index in [0.717, 1.165) is 34.9 Å².